The summed E-state index contributed by atoms with van der Waals surface area (Å²) in [6.45, 7) is 2.53. The van der Waals surface area contributed by atoms with Gasteiger partial charge in [0.25, 0.3) is 15.9 Å². The van der Waals surface area contributed by atoms with Crippen LogP contribution in [0.3, 0.4) is 0 Å². The van der Waals surface area contributed by atoms with E-state index < -0.39 is 16.1 Å². The summed E-state index contributed by atoms with van der Waals surface area (Å²) >= 11 is 0. The molecule has 8 nitrogen and oxygen atoms in total. The molecule has 0 N–H and O–H groups in total. The van der Waals surface area contributed by atoms with Crippen LogP contribution >= 0.6 is 0 Å². The van der Waals surface area contributed by atoms with Gasteiger partial charge in [0.1, 0.15) is 6.61 Å². The molecule has 5 rings (SSSR count). The van der Waals surface area contributed by atoms with E-state index in [-0.39, 0.29) is 17.4 Å². The number of morpholine rings is 1. The van der Waals surface area contributed by atoms with Gasteiger partial charge in [0.15, 0.2) is 11.5 Å². The molecule has 3 aliphatic heterocycles. The van der Waals surface area contributed by atoms with Crippen LogP contribution in [0.4, 0.5) is 5.69 Å². The SMILES string of the molecule is O=C(C1COc2cc(S(=O)(=O)N3CCc4ccccc43)ccc2O1)N1CCOCC1. The fourth-order valence-electron chi connectivity index (χ4n) is 4.01. The first-order chi connectivity index (χ1) is 14.5. The molecule has 2 aromatic rings. The maximum Gasteiger partial charge on any atom is 0.267 e. The van der Waals surface area contributed by atoms with E-state index >= 15 is 0 Å². The standard InChI is InChI=1S/C21H22N2O6S/c24-21(22-9-11-27-12-10-22)20-14-28-19-13-16(5-6-18(19)29-20)30(25,26)23-8-7-15-3-1-2-4-17(15)23/h1-6,13,20H,7-12,14H2. The van der Waals surface area contributed by atoms with Gasteiger partial charge in [-0.15, -0.1) is 0 Å². The van der Waals surface area contributed by atoms with Crippen LogP contribution in [0.2, 0.25) is 0 Å². The number of para-hydroxylation sites is 1. The minimum atomic E-state index is -3.72. The molecule has 1 atom stereocenters. The van der Waals surface area contributed by atoms with E-state index in [1.165, 1.54) is 16.4 Å². The topological polar surface area (TPSA) is 85.4 Å². The summed E-state index contributed by atoms with van der Waals surface area (Å²) in [6, 6.07) is 12.0. The molecule has 1 unspecified atom stereocenters. The van der Waals surface area contributed by atoms with E-state index in [1.807, 2.05) is 24.3 Å². The molecule has 1 saturated heterocycles. The highest BCUT2D eigenvalue weighted by Gasteiger charge is 2.34. The Balaban J connectivity index is 1.36. The second-order valence-corrected chi connectivity index (χ2v) is 9.28. The fourth-order valence-corrected chi connectivity index (χ4v) is 5.52. The highest BCUT2D eigenvalue weighted by Crippen LogP contribution is 2.37. The number of amides is 1. The smallest absolute Gasteiger partial charge is 0.267 e. The van der Waals surface area contributed by atoms with Crippen LogP contribution in [0.15, 0.2) is 47.4 Å². The number of carbonyl (C=O) groups excluding carboxylic acids is 1. The van der Waals surface area contributed by atoms with Crippen LogP contribution in [0.25, 0.3) is 0 Å². The summed E-state index contributed by atoms with van der Waals surface area (Å²) in [5.74, 6) is 0.553. The van der Waals surface area contributed by atoms with Crippen LogP contribution in [0.1, 0.15) is 5.56 Å². The number of fused-ring (bicyclic) bond motifs is 2. The van der Waals surface area contributed by atoms with Gasteiger partial charge in [0, 0.05) is 25.7 Å². The van der Waals surface area contributed by atoms with E-state index in [9.17, 15) is 13.2 Å². The summed E-state index contributed by atoms with van der Waals surface area (Å²) in [4.78, 5) is 14.5. The lowest BCUT2D eigenvalue weighted by molar-refractivity contribution is -0.145. The van der Waals surface area contributed by atoms with Crippen LogP contribution in [0.5, 0.6) is 11.5 Å². The third-order valence-corrected chi connectivity index (χ3v) is 7.41. The van der Waals surface area contributed by atoms with E-state index in [0.29, 0.717) is 56.5 Å². The molecular formula is C21H22N2O6S. The second kappa shape index (κ2) is 7.48. The zero-order valence-corrected chi connectivity index (χ0v) is 17.1. The third kappa shape index (κ3) is 3.27. The first-order valence-corrected chi connectivity index (χ1v) is 11.4. The number of carbonyl (C=O) groups is 1. The molecule has 0 saturated carbocycles. The van der Waals surface area contributed by atoms with E-state index in [0.717, 1.165) is 5.56 Å². The summed E-state index contributed by atoms with van der Waals surface area (Å²) in [5.41, 5.74) is 1.73. The van der Waals surface area contributed by atoms with Crippen molar-refractivity contribution < 1.29 is 27.4 Å². The highest BCUT2D eigenvalue weighted by atomic mass is 32.2. The van der Waals surface area contributed by atoms with Crippen molar-refractivity contribution in [1.29, 1.82) is 0 Å². The molecule has 9 heteroatoms. The van der Waals surface area contributed by atoms with E-state index in [2.05, 4.69) is 0 Å². The summed E-state index contributed by atoms with van der Waals surface area (Å²) in [5, 5.41) is 0. The number of rotatable bonds is 3. The van der Waals surface area contributed by atoms with Gasteiger partial charge in [-0.3, -0.25) is 9.10 Å². The summed E-state index contributed by atoms with van der Waals surface area (Å²) in [7, 11) is -3.72. The number of anilines is 1. The monoisotopic (exact) mass is 430 g/mol. The number of ether oxygens (including phenoxy) is 3. The molecule has 0 spiro atoms. The van der Waals surface area contributed by atoms with Crippen molar-refractivity contribution in [2.75, 3.05) is 43.8 Å². The predicted molar refractivity (Wildman–Crippen MR) is 108 cm³/mol. The van der Waals surface area contributed by atoms with Gasteiger partial charge in [0.2, 0.25) is 6.10 Å². The molecule has 158 valence electrons. The largest absolute Gasteiger partial charge is 0.485 e. The number of hydrogen-bond donors (Lipinski definition) is 0. The molecule has 0 aromatic heterocycles. The van der Waals surface area contributed by atoms with Crippen molar-refractivity contribution in [3.63, 3.8) is 0 Å². The zero-order valence-electron chi connectivity index (χ0n) is 16.3. The normalized spacial score (nSPS) is 20.7. The molecule has 3 aliphatic rings. The lowest BCUT2D eigenvalue weighted by atomic mass is 10.2. The molecule has 1 amide bonds. The summed E-state index contributed by atoms with van der Waals surface area (Å²) < 4.78 is 44.7. The van der Waals surface area contributed by atoms with Crippen molar-refractivity contribution in [3.05, 3.63) is 48.0 Å². The van der Waals surface area contributed by atoms with Gasteiger partial charge in [-0.05, 0) is 30.2 Å². The Morgan fingerprint density at radius 3 is 2.63 bits per heavy atom. The van der Waals surface area contributed by atoms with Gasteiger partial charge in [-0.2, -0.15) is 0 Å². The van der Waals surface area contributed by atoms with Crippen molar-refractivity contribution in [2.45, 2.75) is 17.4 Å². The molecule has 0 radical (unpaired) electrons. The van der Waals surface area contributed by atoms with Crippen molar-refractivity contribution in [2.24, 2.45) is 0 Å². The van der Waals surface area contributed by atoms with Crippen molar-refractivity contribution >= 4 is 21.6 Å². The minimum Gasteiger partial charge on any atom is -0.485 e. The van der Waals surface area contributed by atoms with Crippen LogP contribution in [0, 0.1) is 0 Å². The average molecular weight is 430 g/mol. The fraction of sp³-hybridized carbons (Fsp3) is 0.381. The number of nitrogens with zero attached hydrogens (tertiary/aromatic N) is 2. The quantitative estimate of drug-likeness (QED) is 0.733. The van der Waals surface area contributed by atoms with Gasteiger partial charge < -0.3 is 19.1 Å². The van der Waals surface area contributed by atoms with Crippen molar-refractivity contribution in [1.82, 2.24) is 4.90 Å². The Morgan fingerprint density at radius 2 is 1.80 bits per heavy atom. The average Bonchev–Trinajstić information content (AvgIpc) is 3.23. The van der Waals surface area contributed by atoms with Gasteiger partial charge in [-0.25, -0.2) is 8.42 Å². The number of benzene rings is 2. The molecule has 0 aliphatic carbocycles. The van der Waals surface area contributed by atoms with Crippen molar-refractivity contribution in [3.8, 4) is 11.5 Å². The lowest BCUT2D eigenvalue weighted by Crippen LogP contribution is -2.50. The van der Waals surface area contributed by atoms with Crippen LogP contribution in [-0.2, 0) is 26.0 Å². The van der Waals surface area contributed by atoms with E-state index in [1.54, 1.807) is 11.0 Å². The molecule has 0 bridgehead atoms. The predicted octanol–water partition coefficient (Wildman–Crippen LogP) is 1.44. The maximum absolute atomic E-state index is 13.2. The van der Waals surface area contributed by atoms with E-state index in [4.69, 9.17) is 14.2 Å². The number of hydrogen-bond acceptors (Lipinski definition) is 6. The Labute approximate surface area is 175 Å². The summed E-state index contributed by atoms with van der Waals surface area (Å²) in [6.07, 6.45) is -0.0609. The minimum absolute atomic E-state index is 0.0409. The zero-order chi connectivity index (χ0) is 20.7. The molecule has 1 fully saturated rings. The molecular weight excluding hydrogens is 408 g/mol. The first kappa shape index (κ1) is 19.2. The highest BCUT2D eigenvalue weighted by molar-refractivity contribution is 7.92. The van der Waals surface area contributed by atoms with Crippen LogP contribution < -0.4 is 13.8 Å². The first-order valence-electron chi connectivity index (χ1n) is 9.95. The van der Waals surface area contributed by atoms with Crippen LogP contribution in [-0.4, -0.2) is 64.8 Å². The van der Waals surface area contributed by atoms with Gasteiger partial charge >= 0.3 is 0 Å². The Morgan fingerprint density at radius 1 is 1.00 bits per heavy atom. The lowest BCUT2D eigenvalue weighted by Gasteiger charge is -2.32. The maximum atomic E-state index is 13.2. The Kier molecular flexibility index (Phi) is 4.79. The third-order valence-electron chi connectivity index (χ3n) is 5.61. The molecule has 30 heavy (non-hydrogen) atoms. The molecule has 3 heterocycles. The van der Waals surface area contributed by atoms with Gasteiger partial charge in [0.05, 0.1) is 23.8 Å². The van der Waals surface area contributed by atoms with Gasteiger partial charge in [-0.1, -0.05) is 18.2 Å². The molecule has 2 aromatic carbocycles. The Bertz CT molecular complexity index is 1080. The second-order valence-electron chi connectivity index (χ2n) is 7.42. The Hall–Kier alpha value is -2.78. The number of sulfonamides is 1.